The topological polar surface area (TPSA) is 122 Å². The molecule has 5 N–H and O–H groups in total. The van der Waals surface area contributed by atoms with Crippen LogP contribution >= 0.6 is 0 Å². The van der Waals surface area contributed by atoms with Gasteiger partial charge in [-0.3, -0.25) is 9.59 Å². The molecule has 0 saturated heterocycles. The van der Waals surface area contributed by atoms with Crippen LogP contribution in [0.3, 0.4) is 0 Å². The molecule has 7 nitrogen and oxygen atoms in total. The number of primary amides is 1. The number of nitrogens with two attached hydrogens (primary N) is 1. The first-order valence-electron chi connectivity index (χ1n) is 5.50. The van der Waals surface area contributed by atoms with Crippen LogP contribution in [0.2, 0.25) is 0 Å². The largest absolute Gasteiger partial charge is 0.481 e. The predicted molar refractivity (Wildman–Crippen MR) is 59.1 cm³/mol. The third-order valence-electron chi connectivity index (χ3n) is 2.78. The van der Waals surface area contributed by atoms with E-state index < -0.39 is 23.3 Å². The smallest absolute Gasteiger partial charge is 0.314 e. The first kappa shape index (κ1) is 13.3. The maximum absolute atomic E-state index is 11.3. The number of rotatable bonds is 7. The van der Waals surface area contributed by atoms with E-state index in [0.717, 1.165) is 0 Å². The van der Waals surface area contributed by atoms with Crippen LogP contribution in [0, 0.1) is 5.41 Å². The number of hydrogen-bond acceptors (Lipinski definition) is 3. The van der Waals surface area contributed by atoms with Gasteiger partial charge >= 0.3 is 12.0 Å². The van der Waals surface area contributed by atoms with E-state index in [0.29, 0.717) is 25.8 Å². The quantitative estimate of drug-likeness (QED) is 0.447. The van der Waals surface area contributed by atoms with Gasteiger partial charge < -0.3 is 21.5 Å². The zero-order valence-electron chi connectivity index (χ0n) is 9.49. The number of urea groups is 1. The van der Waals surface area contributed by atoms with Gasteiger partial charge in [-0.15, -0.1) is 0 Å². The van der Waals surface area contributed by atoms with Crippen molar-refractivity contribution in [3.63, 3.8) is 0 Å². The zero-order valence-corrected chi connectivity index (χ0v) is 9.49. The molecule has 0 aliphatic heterocycles. The standard InChI is InChI=1S/C10H17N3O4/c11-7(14)2-1-5-12-9(17)13-6-10(3-4-10)8(15)16/h1-6H2,(H2,11,14)(H,15,16)(H2,12,13,17). The van der Waals surface area contributed by atoms with Gasteiger partial charge in [0.15, 0.2) is 0 Å². The Morgan fingerprint density at radius 3 is 2.35 bits per heavy atom. The van der Waals surface area contributed by atoms with Crippen molar-refractivity contribution < 1.29 is 19.5 Å². The van der Waals surface area contributed by atoms with Crippen molar-refractivity contribution in [2.45, 2.75) is 25.7 Å². The number of carbonyl (C=O) groups is 3. The molecular formula is C10H17N3O4. The molecule has 0 heterocycles. The highest BCUT2D eigenvalue weighted by atomic mass is 16.4. The summed E-state index contributed by atoms with van der Waals surface area (Å²) in [5, 5.41) is 13.9. The van der Waals surface area contributed by atoms with Crippen LogP contribution in [0.15, 0.2) is 0 Å². The lowest BCUT2D eigenvalue weighted by molar-refractivity contribution is -0.143. The van der Waals surface area contributed by atoms with Gasteiger partial charge in [-0.2, -0.15) is 0 Å². The molecule has 0 spiro atoms. The second-order valence-corrected chi connectivity index (χ2v) is 4.26. The molecule has 1 aliphatic carbocycles. The molecule has 0 bridgehead atoms. The van der Waals surface area contributed by atoms with Gasteiger partial charge in [0.25, 0.3) is 0 Å². The maximum Gasteiger partial charge on any atom is 0.314 e. The molecule has 1 saturated carbocycles. The number of nitrogens with one attached hydrogen (secondary N) is 2. The first-order valence-corrected chi connectivity index (χ1v) is 5.50. The summed E-state index contributed by atoms with van der Waals surface area (Å²) in [7, 11) is 0. The Morgan fingerprint density at radius 1 is 1.24 bits per heavy atom. The molecular weight excluding hydrogens is 226 g/mol. The summed E-state index contributed by atoms with van der Waals surface area (Å²) < 4.78 is 0. The van der Waals surface area contributed by atoms with E-state index in [-0.39, 0.29) is 13.0 Å². The minimum absolute atomic E-state index is 0.143. The van der Waals surface area contributed by atoms with Gasteiger partial charge in [-0.25, -0.2) is 4.79 Å². The lowest BCUT2D eigenvalue weighted by Gasteiger charge is -2.11. The van der Waals surface area contributed by atoms with E-state index in [1.165, 1.54) is 0 Å². The van der Waals surface area contributed by atoms with Crippen molar-refractivity contribution in [2.75, 3.05) is 13.1 Å². The summed E-state index contributed by atoms with van der Waals surface area (Å²) in [5.74, 6) is -1.28. The molecule has 17 heavy (non-hydrogen) atoms. The fourth-order valence-electron chi connectivity index (χ4n) is 1.39. The van der Waals surface area contributed by atoms with Crippen molar-refractivity contribution in [2.24, 2.45) is 11.1 Å². The van der Waals surface area contributed by atoms with Gasteiger partial charge in [0, 0.05) is 19.5 Å². The van der Waals surface area contributed by atoms with Crippen molar-refractivity contribution in [3.05, 3.63) is 0 Å². The number of aliphatic carboxylic acids is 1. The normalized spacial score (nSPS) is 16.0. The minimum Gasteiger partial charge on any atom is -0.481 e. The van der Waals surface area contributed by atoms with Gasteiger partial charge in [-0.1, -0.05) is 0 Å². The Hall–Kier alpha value is -1.79. The highest BCUT2D eigenvalue weighted by molar-refractivity contribution is 5.80. The van der Waals surface area contributed by atoms with Gasteiger partial charge in [-0.05, 0) is 19.3 Å². The second kappa shape index (κ2) is 5.51. The monoisotopic (exact) mass is 243 g/mol. The Labute approximate surface area is 98.7 Å². The first-order chi connectivity index (χ1) is 7.96. The summed E-state index contributed by atoms with van der Waals surface area (Å²) in [5.41, 5.74) is 4.17. The van der Waals surface area contributed by atoms with Gasteiger partial charge in [0.2, 0.25) is 5.91 Å². The molecule has 0 aromatic heterocycles. The molecule has 1 fully saturated rings. The number of hydrogen-bond donors (Lipinski definition) is 4. The summed E-state index contributed by atoms with van der Waals surface area (Å²) in [4.78, 5) is 32.5. The Morgan fingerprint density at radius 2 is 1.88 bits per heavy atom. The van der Waals surface area contributed by atoms with Gasteiger partial charge in [0.05, 0.1) is 5.41 Å². The fourth-order valence-corrected chi connectivity index (χ4v) is 1.39. The third kappa shape index (κ3) is 4.29. The lowest BCUT2D eigenvalue weighted by Crippen LogP contribution is -2.41. The van der Waals surface area contributed by atoms with Crippen LogP contribution < -0.4 is 16.4 Å². The molecule has 1 aliphatic rings. The highest BCUT2D eigenvalue weighted by Crippen LogP contribution is 2.45. The summed E-state index contributed by atoms with van der Waals surface area (Å²) in [6.07, 6.45) is 1.90. The Bertz CT molecular complexity index is 326. The maximum atomic E-state index is 11.3. The molecule has 0 aromatic carbocycles. The zero-order chi connectivity index (χ0) is 12.9. The fraction of sp³-hybridized carbons (Fsp3) is 0.700. The number of carbonyl (C=O) groups excluding carboxylic acids is 2. The van der Waals surface area contributed by atoms with E-state index in [4.69, 9.17) is 10.8 Å². The van der Waals surface area contributed by atoms with Crippen molar-refractivity contribution >= 4 is 17.9 Å². The van der Waals surface area contributed by atoms with Crippen LogP contribution in [-0.2, 0) is 9.59 Å². The average Bonchev–Trinajstić information content (AvgIpc) is 3.02. The lowest BCUT2D eigenvalue weighted by atomic mass is 10.1. The molecule has 0 unspecified atom stereocenters. The third-order valence-corrected chi connectivity index (χ3v) is 2.78. The molecule has 1 rings (SSSR count). The summed E-state index contributed by atoms with van der Waals surface area (Å²) >= 11 is 0. The van der Waals surface area contributed by atoms with E-state index in [1.54, 1.807) is 0 Å². The highest BCUT2D eigenvalue weighted by Gasteiger charge is 2.50. The van der Waals surface area contributed by atoms with E-state index in [1.807, 2.05) is 0 Å². The Balaban J connectivity index is 2.10. The van der Waals surface area contributed by atoms with Gasteiger partial charge in [0.1, 0.15) is 0 Å². The van der Waals surface area contributed by atoms with Crippen molar-refractivity contribution in [1.82, 2.24) is 10.6 Å². The van der Waals surface area contributed by atoms with Crippen molar-refractivity contribution in [1.29, 1.82) is 0 Å². The van der Waals surface area contributed by atoms with E-state index in [9.17, 15) is 14.4 Å². The van der Waals surface area contributed by atoms with Crippen LogP contribution in [-0.4, -0.2) is 36.1 Å². The predicted octanol–water partition coefficient (Wildman–Crippen LogP) is -0.584. The molecule has 0 atom stereocenters. The van der Waals surface area contributed by atoms with Crippen LogP contribution in [0.25, 0.3) is 0 Å². The number of carboxylic acids is 1. The van der Waals surface area contributed by atoms with Crippen LogP contribution in [0.5, 0.6) is 0 Å². The summed E-state index contributed by atoms with van der Waals surface area (Å²) in [6, 6.07) is -0.415. The number of amides is 3. The number of carboxylic acid groups (broad SMARTS) is 1. The molecule has 0 radical (unpaired) electrons. The minimum atomic E-state index is -0.869. The van der Waals surface area contributed by atoms with E-state index in [2.05, 4.69) is 10.6 Å². The van der Waals surface area contributed by atoms with E-state index >= 15 is 0 Å². The van der Waals surface area contributed by atoms with Crippen LogP contribution in [0.1, 0.15) is 25.7 Å². The van der Waals surface area contributed by atoms with Crippen molar-refractivity contribution in [3.8, 4) is 0 Å². The molecule has 0 aromatic rings. The Kier molecular flexibility index (Phi) is 4.30. The SMILES string of the molecule is NC(=O)CCCNC(=O)NCC1(C(=O)O)CC1. The second-order valence-electron chi connectivity index (χ2n) is 4.26. The van der Waals surface area contributed by atoms with Crippen LogP contribution in [0.4, 0.5) is 4.79 Å². The average molecular weight is 243 g/mol. The molecule has 96 valence electrons. The summed E-state index contributed by atoms with van der Waals surface area (Å²) in [6.45, 7) is 0.485. The molecule has 7 heteroatoms. The molecule has 3 amide bonds.